The molecule has 0 fully saturated rings. The van der Waals surface area contributed by atoms with E-state index in [4.69, 9.17) is 5.73 Å². The average molecular weight is 306 g/mol. The quantitative estimate of drug-likeness (QED) is 0.727. The first-order valence-corrected chi connectivity index (χ1v) is 7.44. The summed E-state index contributed by atoms with van der Waals surface area (Å²) in [5, 5.41) is 1.76. The van der Waals surface area contributed by atoms with Crippen molar-refractivity contribution in [3.05, 3.63) is 71.0 Å². The summed E-state index contributed by atoms with van der Waals surface area (Å²) in [4.78, 5) is 14.4. The maximum Gasteiger partial charge on any atom is 0.259 e. The van der Waals surface area contributed by atoms with Crippen molar-refractivity contribution in [2.45, 2.75) is 13.5 Å². The van der Waals surface area contributed by atoms with Gasteiger partial charge in [-0.1, -0.05) is 24.3 Å². The number of benzene rings is 3. The van der Waals surface area contributed by atoms with E-state index in [-0.39, 0.29) is 11.7 Å². The van der Waals surface area contributed by atoms with Gasteiger partial charge >= 0.3 is 0 Å². The molecule has 4 heteroatoms. The Bertz CT molecular complexity index is 965. The molecule has 0 radical (unpaired) electrons. The zero-order chi connectivity index (χ0) is 16.1. The van der Waals surface area contributed by atoms with Gasteiger partial charge in [-0.15, -0.1) is 0 Å². The molecule has 0 bridgehead atoms. The number of aryl methyl sites for hydroxylation is 1. The molecule has 1 aliphatic heterocycles. The van der Waals surface area contributed by atoms with Gasteiger partial charge in [-0.2, -0.15) is 0 Å². The molecule has 114 valence electrons. The second-order valence-electron chi connectivity index (χ2n) is 5.88. The number of nitrogens with zero attached hydrogens (tertiary/aromatic N) is 1. The van der Waals surface area contributed by atoms with Gasteiger partial charge in [0.1, 0.15) is 5.82 Å². The minimum absolute atomic E-state index is 0.0721. The van der Waals surface area contributed by atoms with E-state index in [0.717, 1.165) is 22.0 Å². The maximum absolute atomic E-state index is 13.8. The van der Waals surface area contributed by atoms with E-state index < -0.39 is 0 Å². The Morgan fingerprint density at radius 1 is 1.13 bits per heavy atom. The Morgan fingerprint density at radius 2 is 1.96 bits per heavy atom. The SMILES string of the molecule is Cc1ccc(CN2C(=O)c3cccc4c(N)ccc2c34)cc1F. The molecule has 1 heterocycles. The highest BCUT2D eigenvalue weighted by molar-refractivity contribution is 6.26. The van der Waals surface area contributed by atoms with Crippen molar-refractivity contribution in [1.29, 1.82) is 0 Å². The number of hydrogen-bond acceptors (Lipinski definition) is 2. The van der Waals surface area contributed by atoms with E-state index in [1.807, 2.05) is 36.4 Å². The van der Waals surface area contributed by atoms with Gasteiger partial charge in [0, 0.05) is 22.0 Å². The number of carbonyl (C=O) groups is 1. The average Bonchev–Trinajstić information content (AvgIpc) is 2.81. The molecule has 3 aromatic carbocycles. The van der Waals surface area contributed by atoms with Gasteiger partial charge in [0.25, 0.3) is 5.91 Å². The van der Waals surface area contributed by atoms with Gasteiger partial charge in [-0.05, 0) is 42.3 Å². The van der Waals surface area contributed by atoms with Gasteiger partial charge in [-0.25, -0.2) is 4.39 Å². The fourth-order valence-electron chi connectivity index (χ4n) is 3.14. The molecular formula is C19H15FN2O. The van der Waals surface area contributed by atoms with Crippen molar-refractivity contribution in [3.8, 4) is 0 Å². The van der Waals surface area contributed by atoms with Crippen LogP contribution in [0.1, 0.15) is 21.5 Å². The second kappa shape index (κ2) is 4.81. The summed E-state index contributed by atoms with van der Waals surface area (Å²) >= 11 is 0. The lowest BCUT2D eigenvalue weighted by molar-refractivity contribution is 0.0991. The monoisotopic (exact) mass is 306 g/mol. The molecule has 2 N–H and O–H groups in total. The van der Waals surface area contributed by atoms with Crippen LogP contribution in [-0.2, 0) is 6.54 Å². The molecule has 0 aliphatic carbocycles. The van der Waals surface area contributed by atoms with Gasteiger partial charge in [0.2, 0.25) is 0 Å². The van der Waals surface area contributed by atoms with Gasteiger partial charge < -0.3 is 10.6 Å². The Labute approximate surface area is 133 Å². The highest BCUT2D eigenvalue weighted by Gasteiger charge is 2.30. The van der Waals surface area contributed by atoms with Crippen LogP contribution >= 0.6 is 0 Å². The Morgan fingerprint density at radius 3 is 2.74 bits per heavy atom. The predicted octanol–water partition coefficient (Wildman–Crippen LogP) is 4.03. The summed E-state index contributed by atoms with van der Waals surface area (Å²) in [5.74, 6) is -0.328. The molecular weight excluding hydrogens is 291 g/mol. The lowest BCUT2D eigenvalue weighted by atomic mass is 10.0. The molecule has 0 aromatic heterocycles. The van der Waals surface area contributed by atoms with Crippen molar-refractivity contribution in [2.75, 3.05) is 10.6 Å². The zero-order valence-corrected chi connectivity index (χ0v) is 12.6. The summed E-state index contributed by atoms with van der Waals surface area (Å²) < 4.78 is 13.8. The number of rotatable bonds is 2. The number of halogens is 1. The maximum atomic E-state index is 13.8. The molecule has 0 unspecified atom stereocenters. The smallest absolute Gasteiger partial charge is 0.259 e. The number of carbonyl (C=O) groups excluding carboxylic acids is 1. The first kappa shape index (κ1) is 13.8. The van der Waals surface area contributed by atoms with Crippen molar-refractivity contribution >= 4 is 28.1 Å². The topological polar surface area (TPSA) is 46.3 Å². The van der Waals surface area contributed by atoms with E-state index in [1.165, 1.54) is 6.07 Å². The molecule has 1 amide bonds. The fraction of sp³-hybridized carbons (Fsp3) is 0.105. The van der Waals surface area contributed by atoms with Crippen LogP contribution < -0.4 is 10.6 Å². The van der Waals surface area contributed by atoms with Crippen molar-refractivity contribution < 1.29 is 9.18 Å². The minimum atomic E-state index is -0.255. The lowest BCUT2D eigenvalue weighted by Gasteiger charge is -2.18. The normalized spacial score (nSPS) is 13.1. The minimum Gasteiger partial charge on any atom is -0.398 e. The van der Waals surface area contributed by atoms with Gasteiger partial charge in [0.15, 0.2) is 0 Å². The molecule has 0 spiro atoms. The number of nitrogens with two attached hydrogens (primary N) is 1. The van der Waals surface area contributed by atoms with Crippen LogP contribution in [0.2, 0.25) is 0 Å². The van der Waals surface area contributed by atoms with E-state index >= 15 is 0 Å². The van der Waals surface area contributed by atoms with Gasteiger partial charge in [-0.3, -0.25) is 4.79 Å². The Balaban J connectivity index is 1.82. The van der Waals surface area contributed by atoms with Crippen LogP contribution in [0.4, 0.5) is 15.8 Å². The molecule has 0 atom stereocenters. The van der Waals surface area contributed by atoms with Crippen molar-refractivity contribution in [3.63, 3.8) is 0 Å². The molecule has 3 nitrogen and oxygen atoms in total. The van der Waals surface area contributed by atoms with Crippen LogP contribution in [0.5, 0.6) is 0 Å². The van der Waals surface area contributed by atoms with E-state index in [2.05, 4.69) is 0 Å². The van der Waals surface area contributed by atoms with Gasteiger partial charge in [0.05, 0.1) is 12.2 Å². The molecule has 3 aromatic rings. The molecule has 23 heavy (non-hydrogen) atoms. The Hall–Kier alpha value is -2.88. The third-order valence-corrected chi connectivity index (χ3v) is 4.40. The van der Waals surface area contributed by atoms with E-state index in [0.29, 0.717) is 23.4 Å². The van der Waals surface area contributed by atoms with Crippen LogP contribution in [0.25, 0.3) is 10.8 Å². The standard InChI is InChI=1S/C19H15FN2O/c1-11-5-6-12(9-15(11)20)10-22-17-8-7-16(21)13-3-2-4-14(18(13)17)19(22)23/h2-9H,10,21H2,1H3. The van der Waals surface area contributed by atoms with Crippen LogP contribution in [-0.4, -0.2) is 5.91 Å². The van der Waals surface area contributed by atoms with Crippen LogP contribution in [0, 0.1) is 12.7 Å². The second-order valence-corrected chi connectivity index (χ2v) is 5.88. The molecule has 4 rings (SSSR count). The number of amides is 1. The number of anilines is 2. The molecule has 1 aliphatic rings. The summed E-state index contributed by atoms with van der Waals surface area (Å²) in [6, 6.07) is 14.3. The summed E-state index contributed by atoms with van der Waals surface area (Å²) in [6.07, 6.45) is 0. The van der Waals surface area contributed by atoms with E-state index in [9.17, 15) is 9.18 Å². The van der Waals surface area contributed by atoms with Crippen molar-refractivity contribution in [2.24, 2.45) is 0 Å². The third-order valence-electron chi connectivity index (χ3n) is 4.40. The number of hydrogen-bond donors (Lipinski definition) is 1. The first-order valence-electron chi connectivity index (χ1n) is 7.44. The fourth-order valence-corrected chi connectivity index (χ4v) is 3.14. The van der Waals surface area contributed by atoms with Crippen LogP contribution in [0.15, 0.2) is 48.5 Å². The first-order chi connectivity index (χ1) is 11.1. The third kappa shape index (κ3) is 1.99. The molecule has 0 saturated carbocycles. The summed E-state index contributed by atoms with van der Waals surface area (Å²) in [5.41, 5.74) is 9.52. The predicted molar refractivity (Wildman–Crippen MR) is 90.0 cm³/mol. The Kier molecular flexibility index (Phi) is 2.88. The molecule has 0 saturated heterocycles. The largest absolute Gasteiger partial charge is 0.398 e. The summed E-state index contributed by atoms with van der Waals surface area (Å²) in [7, 11) is 0. The van der Waals surface area contributed by atoms with E-state index in [1.54, 1.807) is 17.9 Å². The zero-order valence-electron chi connectivity index (χ0n) is 12.6. The van der Waals surface area contributed by atoms with Crippen LogP contribution in [0.3, 0.4) is 0 Å². The number of nitrogen functional groups attached to an aromatic ring is 1. The highest BCUT2D eigenvalue weighted by atomic mass is 19.1. The highest BCUT2D eigenvalue weighted by Crippen LogP contribution is 2.40. The summed E-state index contributed by atoms with van der Waals surface area (Å²) in [6.45, 7) is 2.06. The van der Waals surface area contributed by atoms with Crippen molar-refractivity contribution in [1.82, 2.24) is 0 Å². The lowest BCUT2D eigenvalue weighted by Crippen LogP contribution is -2.26.